The van der Waals surface area contributed by atoms with E-state index in [2.05, 4.69) is 15.6 Å². The number of nitrogens with zero attached hydrogens (tertiary/aromatic N) is 2. The molecule has 8 heteroatoms. The first-order valence-electron chi connectivity index (χ1n) is 10.2. The van der Waals surface area contributed by atoms with Crippen LogP contribution in [0, 0.1) is 0 Å². The maximum absolute atomic E-state index is 11.8. The molecule has 1 aliphatic carbocycles. The van der Waals surface area contributed by atoms with Crippen molar-refractivity contribution in [2.75, 3.05) is 32.8 Å². The van der Waals surface area contributed by atoms with Crippen LogP contribution in [0.3, 0.4) is 0 Å². The highest BCUT2D eigenvalue weighted by molar-refractivity contribution is 14.0. The molecule has 2 fully saturated rings. The fourth-order valence-corrected chi connectivity index (χ4v) is 3.46. The molecule has 1 saturated heterocycles. The highest BCUT2D eigenvalue weighted by atomic mass is 127. The zero-order chi connectivity index (χ0) is 18.6. The molecule has 27 heavy (non-hydrogen) atoms. The Labute approximate surface area is 180 Å². The second-order valence-corrected chi connectivity index (χ2v) is 6.96. The van der Waals surface area contributed by atoms with E-state index in [4.69, 9.17) is 4.74 Å². The molecule has 0 bridgehead atoms. The van der Waals surface area contributed by atoms with E-state index in [0.29, 0.717) is 57.6 Å². The number of carbonyl (C=O) groups is 2. The lowest BCUT2D eigenvalue weighted by molar-refractivity contribution is -0.147. The van der Waals surface area contributed by atoms with Crippen molar-refractivity contribution in [1.82, 2.24) is 15.5 Å². The lowest BCUT2D eigenvalue weighted by Gasteiger charge is -2.25. The zero-order valence-electron chi connectivity index (χ0n) is 16.5. The molecule has 0 aromatic carbocycles. The fourth-order valence-electron chi connectivity index (χ4n) is 3.46. The van der Waals surface area contributed by atoms with Crippen molar-refractivity contribution >= 4 is 41.8 Å². The normalized spacial score (nSPS) is 19.4. The van der Waals surface area contributed by atoms with E-state index in [1.807, 2.05) is 6.92 Å². The molecular formula is C19H35IN4O3. The number of nitrogens with one attached hydrogen (secondary N) is 2. The van der Waals surface area contributed by atoms with Gasteiger partial charge in [-0.05, 0) is 26.2 Å². The summed E-state index contributed by atoms with van der Waals surface area (Å²) in [5, 5.41) is 6.38. The lowest BCUT2D eigenvalue weighted by Crippen LogP contribution is -2.46. The van der Waals surface area contributed by atoms with E-state index >= 15 is 0 Å². The molecule has 0 atom stereocenters. The maximum Gasteiger partial charge on any atom is 0.229 e. The monoisotopic (exact) mass is 494 g/mol. The Balaban J connectivity index is 0.00000364. The van der Waals surface area contributed by atoms with Crippen LogP contribution in [-0.2, 0) is 14.3 Å². The second-order valence-electron chi connectivity index (χ2n) is 6.96. The number of piperidine rings is 1. The standard InChI is InChI=1S/C19H34N4O3.HI/c1-2-20-19(21-12-14-23-17(24)10-7-11-18(23)25)22-13-15-26-16-8-5-3-4-6-9-16;/h16H,2-15H2,1H3,(H2,20,21,22);1H. The van der Waals surface area contributed by atoms with Crippen LogP contribution in [0.1, 0.15) is 64.7 Å². The average Bonchev–Trinajstić information content (AvgIpc) is 2.90. The first-order valence-corrected chi connectivity index (χ1v) is 10.2. The minimum Gasteiger partial charge on any atom is -0.376 e. The molecule has 2 rings (SSSR count). The molecule has 2 N–H and O–H groups in total. The number of likely N-dealkylation sites (tertiary alicyclic amines) is 1. The smallest absolute Gasteiger partial charge is 0.229 e. The average molecular weight is 494 g/mol. The van der Waals surface area contributed by atoms with Gasteiger partial charge >= 0.3 is 0 Å². The molecule has 2 aliphatic rings. The zero-order valence-corrected chi connectivity index (χ0v) is 18.8. The van der Waals surface area contributed by atoms with E-state index < -0.39 is 0 Å². The van der Waals surface area contributed by atoms with Gasteiger partial charge in [0.15, 0.2) is 5.96 Å². The molecule has 0 aromatic heterocycles. The van der Waals surface area contributed by atoms with Gasteiger partial charge in [0.1, 0.15) is 0 Å². The Kier molecular flexibility index (Phi) is 12.6. The molecule has 1 aliphatic heterocycles. The highest BCUT2D eigenvalue weighted by Gasteiger charge is 2.25. The summed E-state index contributed by atoms with van der Waals surface area (Å²) in [6, 6.07) is 0. The largest absolute Gasteiger partial charge is 0.376 e. The van der Waals surface area contributed by atoms with Crippen molar-refractivity contribution < 1.29 is 14.3 Å². The van der Waals surface area contributed by atoms with Gasteiger partial charge in [0.05, 0.1) is 19.3 Å². The molecule has 1 heterocycles. The predicted octanol–water partition coefficient (Wildman–Crippen LogP) is 2.44. The summed E-state index contributed by atoms with van der Waals surface area (Å²) in [4.78, 5) is 29.5. The molecule has 0 radical (unpaired) electrons. The molecule has 0 aromatic rings. The van der Waals surface area contributed by atoms with Gasteiger partial charge in [-0.1, -0.05) is 25.7 Å². The van der Waals surface area contributed by atoms with Gasteiger partial charge in [-0.3, -0.25) is 19.5 Å². The number of carbonyl (C=O) groups excluding carboxylic acids is 2. The quantitative estimate of drug-likeness (QED) is 0.135. The number of guanidine groups is 1. The Morgan fingerprint density at radius 3 is 2.37 bits per heavy atom. The number of hydrogen-bond acceptors (Lipinski definition) is 4. The summed E-state index contributed by atoms with van der Waals surface area (Å²) >= 11 is 0. The molecular weight excluding hydrogens is 459 g/mol. The summed E-state index contributed by atoms with van der Waals surface area (Å²) in [5.74, 6) is 0.567. The van der Waals surface area contributed by atoms with Gasteiger partial charge in [0.2, 0.25) is 11.8 Å². The van der Waals surface area contributed by atoms with Crippen LogP contribution in [0.5, 0.6) is 0 Å². The van der Waals surface area contributed by atoms with Gasteiger partial charge in [0, 0.05) is 32.5 Å². The van der Waals surface area contributed by atoms with E-state index in [1.54, 1.807) is 0 Å². The molecule has 156 valence electrons. The van der Waals surface area contributed by atoms with Crippen molar-refractivity contribution in [3.63, 3.8) is 0 Å². The Hall–Kier alpha value is -0.900. The van der Waals surface area contributed by atoms with Gasteiger partial charge in [0.25, 0.3) is 0 Å². The van der Waals surface area contributed by atoms with Gasteiger partial charge in [-0.15, -0.1) is 24.0 Å². The summed E-state index contributed by atoms with van der Waals surface area (Å²) in [6.45, 7) is 4.90. The predicted molar refractivity (Wildman–Crippen MR) is 117 cm³/mol. The van der Waals surface area contributed by atoms with Gasteiger partial charge < -0.3 is 15.4 Å². The number of amides is 2. The van der Waals surface area contributed by atoms with Crippen molar-refractivity contribution in [3.8, 4) is 0 Å². The summed E-state index contributed by atoms with van der Waals surface area (Å²) in [7, 11) is 0. The third kappa shape index (κ3) is 9.23. The number of rotatable bonds is 8. The van der Waals surface area contributed by atoms with Gasteiger partial charge in [-0.25, -0.2) is 0 Å². The summed E-state index contributed by atoms with van der Waals surface area (Å²) in [6.07, 6.45) is 9.53. The van der Waals surface area contributed by atoms with E-state index in [0.717, 1.165) is 6.54 Å². The number of imide groups is 1. The maximum atomic E-state index is 11.8. The molecule has 2 amide bonds. The van der Waals surface area contributed by atoms with E-state index in [9.17, 15) is 9.59 Å². The molecule has 1 saturated carbocycles. The fraction of sp³-hybridized carbons (Fsp3) is 0.842. The topological polar surface area (TPSA) is 83.0 Å². The molecule has 0 unspecified atom stereocenters. The second kappa shape index (κ2) is 14.1. The molecule has 0 spiro atoms. The summed E-state index contributed by atoms with van der Waals surface area (Å²) < 4.78 is 5.96. The van der Waals surface area contributed by atoms with E-state index in [1.165, 1.54) is 43.4 Å². The van der Waals surface area contributed by atoms with Crippen LogP contribution in [0.4, 0.5) is 0 Å². The lowest BCUT2D eigenvalue weighted by atomic mass is 10.1. The first-order chi connectivity index (χ1) is 12.7. The van der Waals surface area contributed by atoms with Crippen molar-refractivity contribution in [2.45, 2.75) is 70.8 Å². The van der Waals surface area contributed by atoms with Crippen LogP contribution >= 0.6 is 24.0 Å². The van der Waals surface area contributed by atoms with Crippen LogP contribution < -0.4 is 10.6 Å². The number of halogens is 1. The number of aliphatic imine (C=N–C) groups is 1. The summed E-state index contributed by atoms with van der Waals surface area (Å²) in [5.41, 5.74) is 0. The van der Waals surface area contributed by atoms with Crippen LogP contribution in [0.2, 0.25) is 0 Å². The van der Waals surface area contributed by atoms with E-state index in [-0.39, 0.29) is 35.8 Å². The molecule has 7 nitrogen and oxygen atoms in total. The van der Waals surface area contributed by atoms with Crippen molar-refractivity contribution in [1.29, 1.82) is 0 Å². The van der Waals surface area contributed by atoms with Crippen molar-refractivity contribution in [3.05, 3.63) is 0 Å². The number of ether oxygens (including phenoxy) is 1. The third-order valence-corrected chi connectivity index (χ3v) is 4.87. The van der Waals surface area contributed by atoms with Crippen molar-refractivity contribution in [2.24, 2.45) is 4.99 Å². The van der Waals surface area contributed by atoms with Gasteiger partial charge in [-0.2, -0.15) is 0 Å². The number of hydrogen-bond donors (Lipinski definition) is 2. The first kappa shape index (κ1) is 24.1. The Bertz CT molecular complexity index is 464. The van der Waals surface area contributed by atoms with Crippen LogP contribution in [0.25, 0.3) is 0 Å². The van der Waals surface area contributed by atoms with Crippen LogP contribution in [0.15, 0.2) is 4.99 Å². The SMILES string of the molecule is CCNC(=NCCOC1CCCCCC1)NCCN1C(=O)CCCC1=O.I. The van der Waals surface area contributed by atoms with Crippen LogP contribution in [-0.4, -0.2) is 61.6 Å². The Morgan fingerprint density at radius 2 is 1.74 bits per heavy atom. The minimum atomic E-state index is -0.0678. The highest BCUT2D eigenvalue weighted by Crippen LogP contribution is 2.19. The minimum absolute atomic E-state index is 0. The third-order valence-electron chi connectivity index (χ3n) is 4.87. The Morgan fingerprint density at radius 1 is 1.07 bits per heavy atom.